The van der Waals surface area contributed by atoms with Gasteiger partial charge < -0.3 is 0 Å². The van der Waals surface area contributed by atoms with Crippen molar-refractivity contribution < 1.29 is 8.42 Å². The van der Waals surface area contributed by atoms with E-state index in [1.165, 1.54) is 30.4 Å². The summed E-state index contributed by atoms with van der Waals surface area (Å²) in [7, 11) is -2.84. The van der Waals surface area contributed by atoms with Crippen LogP contribution in [-0.4, -0.2) is 8.42 Å². The first-order chi connectivity index (χ1) is 7.64. The second-order valence-corrected chi connectivity index (χ2v) is 7.05. The Morgan fingerprint density at radius 1 is 0.750 bits per heavy atom. The fourth-order valence-corrected chi connectivity index (χ4v) is 4.45. The van der Waals surface area contributed by atoms with Crippen LogP contribution in [0.15, 0.2) is 12.1 Å². The minimum Gasteiger partial charge on any atom is -0.228 e. The average molecular weight is 236 g/mol. The molecular formula is C13H16O2S. The van der Waals surface area contributed by atoms with Crippen molar-refractivity contribution in [3.05, 3.63) is 34.4 Å². The predicted octanol–water partition coefficient (Wildman–Crippen LogP) is 2.38. The van der Waals surface area contributed by atoms with Gasteiger partial charge >= 0.3 is 0 Å². The van der Waals surface area contributed by atoms with Gasteiger partial charge in [0.1, 0.15) is 0 Å². The molecule has 0 amide bonds. The molecule has 0 N–H and O–H groups in total. The van der Waals surface area contributed by atoms with Gasteiger partial charge in [0.15, 0.2) is 9.84 Å². The Hall–Kier alpha value is -0.830. The molecular weight excluding hydrogens is 220 g/mol. The van der Waals surface area contributed by atoms with Crippen LogP contribution in [0.1, 0.15) is 41.5 Å². The molecule has 3 rings (SSSR count). The number of sulfone groups is 1. The molecule has 0 saturated carbocycles. The molecule has 0 unspecified atom stereocenters. The van der Waals surface area contributed by atoms with Gasteiger partial charge in [0.05, 0.1) is 11.5 Å². The summed E-state index contributed by atoms with van der Waals surface area (Å²) in [6, 6.07) is 4.31. The number of benzene rings is 1. The lowest BCUT2D eigenvalue weighted by atomic mass is 9.97. The first-order valence-electron chi connectivity index (χ1n) is 5.98. The van der Waals surface area contributed by atoms with Crippen LogP contribution in [0.25, 0.3) is 0 Å². The van der Waals surface area contributed by atoms with E-state index in [1.807, 2.05) is 0 Å². The summed E-state index contributed by atoms with van der Waals surface area (Å²) >= 11 is 0. The zero-order valence-corrected chi connectivity index (χ0v) is 10.1. The Bertz CT molecular complexity index is 488. The smallest absolute Gasteiger partial charge is 0.158 e. The number of rotatable bonds is 0. The van der Waals surface area contributed by atoms with E-state index in [0.717, 1.165) is 24.0 Å². The monoisotopic (exact) mass is 236 g/mol. The van der Waals surface area contributed by atoms with E-state index < -0.39 is 9.84 Å². The summed E-state index contributed by atoms with van der Waals surface area (Å²) in [4.78, 5) is 0. The van der Waals surface area contributed by atoms with Crippen molar-refractivity contribution in [1.29, 1.82) is 0 Å². The van der Waals surface area contributed by atoms with Crippen LogP contribution >= 0.6 is 0 Å². The fourth-order valence-electron chi connectivity index (χ4n) is 2.86. The molecule has 2 nitrogen and oxygen atoms in total. The Kier molecular flexibility index (Phi) is 2.32. The molecule has 1 aromatic rings. The molecule has 16 heavy (non-hydrogen) atoms. The first-order valence-corrected chi connectivity index (χ1v) is 7.80. The van der Waals surface area contributed by atoms with E-state index >= 15 is 0 Å². The van der Waals surface area contributed by atoms with Crippen molar-refractivity contribution in [1.82, 2.24) is 0 Å². The molecule has 1 aliphatic heterocycles. The fraction of sp³-hybridized carbons (Fsp3) is 0.538. The van der Waals surface area contributed by atoms with Gasteiger partial charge in [0.25, 0.3) is 0 Å². The van der Waals surface area contributed by atoms with Crippen molar-refractivity contribution >= 4 is 9.84 Å². The number of hydrogen-bond donors (Lipinski definition) is 0. The lowest BCUT2D eigenvalue weighted by molar-refractivity contribution is 0.598. The van der Waals surface area contributed by atoms with Gasteiger partial charge in [0.2, 0.25) is 0 Å². The number of hydrogen-bond acceptors (Lipinski definition) is 2. The van der Waals surface area contributed by atoms with Gasteiger partial charge in [0, 0.05) is 0 Å². The van der Waals surface area contributed by atoms with E-state index in [2.05, 4.69) is 12.1 Å². The van der Waals surface area contributed by atoms with Crippen LogP contribution < -0.4 is 0 Å². The van der Waals surface area contributed by atoms with Crippen LogP contribution in [0.3, 0.4) is 0 Å². The second kappa shape index (κ2) is 3.59. The lowest BCUT2D eigenvalue weighted by Crippen LogP contribution is -1.95. The maximum atomic E-state index is 11.6. The molecule has 86 valence electrons. The third kappa shape index (κ3) is 1.77. The molecule has 1 aliphatic carbocycles. The van der Waals surface area contributed by atoms with E-state index in [0.29, 0.717) is 0 Å². The molecule has 0 aromatic heterocycles. The van der Waals surface area contributed by atoms with Gasteiger partial charge in [-0.3, -0.25) is 0 Å². The van der Waals surface area contributed by atoms with Crippen LogP contribution in [0, 0.1) is 0 Å². The standard InChI is InChI=1S/C13H16O2S/c14-16(15)8-12-6-10-4-2-1-3-5-11(10)7-13(12)9-16/h6-7H,1-5,8-9H2. The number of aryl methyl sites for hydroxylation is 2. The Morgan fingerprint density at radius 2 is 1.25 bits per heavy atom. The van der Waals surface area contributed by atoms with Crippen molar-refractivity contribution in [3.8, 4) is 0 Å². The Balaban J connectivity index is 2.08. The summed E-state index contributed by atoms with van der Waals surface area (Å²) in [5.41, 5.74) is 4.91. The average Bonchev–Trinajstić information content (AvgIpc) is 2.39. The number of fused-ring (bicyclic) bond motifs is 2. The van der Waals surface area contributed by atoms with E-state index in [1.54, 1.807) is 0 Å². The van der Waals surface area contributed by atoms with Crippen molar-refractivity contribution in [2.24, 2.45) is 0 Å². The van der Waals surface area contributed by atoms with E-state index in [-0.39, 0.29) is 11.5 Å². The van der Waals surface area contributed by atoms with Crippen molar-refractivity contribution in [2.75, 3.05) is 0 Å². The summed E-state index contributed by atoms with van der Waals surface area (Å²) in [6.45, 7) is 0. The largest absolute Gasteiger partial charge is 0.228 e. The molecule has 0 spiro atoms. The van der Waals surface area contributed by atoms with Crippen LogP contribution in [0.5, 0.6) is 0 Å². The zero-order valence-electron chi connectivity index (χ0n) is 9.33. The van der Waals surface area contributed by atoms with Gasteiger partial charge in [-0.05, 0) is 47.9 Å². The highest BCUT2D eigenvalue weighted by Crippen LogP contribution is 2.30. The molecule has 0 radical (unpaired) electrons. The quantitative estimate of drug-likeness (QED) is 0.648. The SMILES string of the molecule is O=S1(=O)Cc2cc3c(cc2C1)CCCCC3. The van der Waals surface area contributed by atoms with Crippen LogP contribution in [-0.2, 0) is 34.2 Å². The molecule has 2 aliphatic rings. The second-order valence-electron chi connectivity index (χ2n) is 4.98. The Morgan fingerprint density at radius 3 is 1.75 bits per heavy atom. The summed E-state index contributed by atoms with van der Waals surface area (Å²) in [5.74, 6) is 0.519. The predicted molar refractivity (Wildman–Crippen MR) is 64.0 cm³/mol. The molecule has 3 heteroatoms. The summed E-state index contributed by atoms with van der Waals surface area (Å²) < 4.78 is 23.1. The summed E-state index contributed by atoms with van der Waals surface area (Å²) in [5, 5.41) is 0. The molecule has 0 fully saturated rings. The van der Waals surface area contributed by atoms with Gasteiger partial charge in [-0.25, -0.2) is 8.42 Å². The first kappa shape index (κ1) is 10.3. The highest BCUT2D eigenvalue weighted by atomic mass is 32.2. The molecule has 0 atom stereocenters. The van der Waals surface area contributed by atoms with Crippen molar-refractivity contribution in [2.45, 2.75) is 43.6 Å². The molecule has 0 saturated heterocycles. The zero-order chi connectivity index (χ0) is 11.2. The van der Waals surface area contributed by atoms with Gasteiger partial charge in [-0.2, -0.15) is 0 Å². The topological polar surface area (TPSA) is 34.1 Å². The normalized spacial score (nSPS) is 22.2. The third-order valence-electron chi connectivity index (χ3n) is 3.66. The summed E-state index contributed by atoms with van der Waals surface area (Å²) in [6.07, 6.45) is 6.06. The Labute approximate surface area is 96.6 Å². The van der Waals surface area contributed by atoms with E-state index in [4.69, 9.17) is 0 Å². The van der Waals surface area contributed by atoms with Crippen LogP contribution in [0.4, 0.5) is 0 Å². The van der Waals surface area contributed by atoms with Crippen LogP contribution in [0.2, 0.25) is 0 Å². The lowest BCUT2D eigenvalue weighted by Gasteiger charge is -2.08. The third-order valence-corrected chi connectivity index (χ3v) is 5.17. The molecule has 1 heterocycles. The van der Waals surface area contributed by atoms with Gasteiger partial charge in [-0.1, -0.05) is 18.6 Å². The van der Waals surface area contributed by atoms with Gasteiger partial charge in [-0.15, -0.1) is 0 Å². The maximum absolute atomic E-state index is 11.6. The minimum absolute atomic E-state index is 0.260. The van der Waals surface area contributed by atoms with Crippen molar-refractivity contribution in [3.63, 3.8) is 0 Å². The molecule has 0 bridgehead atoms. The molecule has 1 aromatic carbocycles. The van der Waals surface area contributed by atoms with E-state index in [9.17, 15) is 8.42 Å². The maximum Gasteiger partial charge on any atom is 0.158 e. The highest BCUT2D eigenvalue weighted by molar-refractivity contribution is 7.90. The minimum atomic E-state index is -2.84. The highest BCUT2D eigenvalue weighted by Gasteiger charge is 2.26.